The van der Waals surface area contributed by atoms with Crippen LogP contribution in [0.1, 0.15) is 39.3 Å². The van der Waals surface area contributed by atoms with Crippen molar-refractivity contribution in [2.75, 3.05) is 6.54 Å². The van der Waals surface area contributed by atoms with E-state index in [0.717, 1.165) is 25.6 Å². The molecule has 0 aliphatic carbocycles. The van der Waals surface area contributed by atoms with Gasteiger partial charge in [0.1, 0.15) is 0 Å². The molecule has 0 saturated heterocycles. The predicted molar refractivity (Wildman–Crippen MR) is 81.2 cm³/mol. The fourth-order valence-corrected chi connectivity index (χ4v) is 2.54. The van der Waals surface area contributed by atoms with Gasteiger partial charge in [0.2, 0.25) is 0 Å². The van der Waals surface area contributed by atoms with E-state index in [2.05, 4.69) is 55.0 Å². The molecule has 0 fully saturated rings. The fourth-order valence-electron chi connectivity index (χ4n) is 2.54. The molecule has 3 heteroatoms. The monoisotopic (exact) mass is 259 g/mol. The minimum absolute atomic E-state index is 0.777. The van der Waals surface area contributed by atoms with Crippen molar-refractivity contribution in [3.63, 3.8) is 0 Å². The predicted octanol–water partition coefficient (Wildman–Crippen LogP) is 3.58. The second-order valence-corrected chi connectivity index (χ2v) is 5.09. The van der Waals surface area contributed by atoms with E-state index in [1.54, 1.807) is 0 Å². The highest BCUT2D eigenvalue weighted by Crippen LogP contribution is 2.18. The first-order chi connectivity index (χ1) is 9.30. The summed E-state index contributed by atoms with van der Waals surface area (Å²) in [6.45, 7) is 9.53. The molecule has 2 rings (SSSR count). The molecule has 0 bridgehead atoms. The molecule has 0 aliphatic heterocycles. The molecular weight excluding hydrogens is 234 g/mol. The van der Waals surface area contributed by atoms with Crippen LogP contribution in [0.15, 0.2) is 24.3 Å². The van der Waals surface area contributed by atoms with Crippen molar-refractivity contribution >= 4 is 10.9 Å². The summed E-state index contributed by atoms with van der Waals surface area (Å²) in [4.78, 5) is 0. The number of para-hydroxylation sites is 1. The number of nitrogens with one attached hydrogen (secondary N) is 1. The number of hydrogen-bond acceptors (Lipinski definition) is 2. The zero-order chi connectivity index (χ0) is 13.7. The Hall–Kier alpha value is -1.35. The minimum atomic E-state index is 0.777. The summed E-state index contributed by atoms with van der Waals surface area (Å²) >= 11 is 0. The Kier molecular flexibility index (Phi) is 4.97. The standard InChI is InChI=1S/C16H25N3/c1-4-13(5-2)11-17-12-15-14-9-7-8-10-16(14)19(6-3)18-15/h7-10,13,17H,4-6,11-12H2,1-3H3. The minimum Gasteiger partial charge on any atom is -0.311 e. The number of nitrogens with zero attached hydrogens (tertiary/aromatic N) is 2. The van der Waals surface area contributed by atoms with Gasteiger partial charge >= 0.3 is 0 Å². The third kappa shape index (κ3) is 3.16. The molecule has 0 amide bonds. The summed E-state index contributed by atoms with van der Waals surface area (Å²) in [5, 5.41) is 9.55. The second-order valence-electron chi connectivity index (χ2n) is 5.09. The van der Waals surface area contributed by atoms with Gasteiger partial charge in [0.15, 0.2) is 0 Å². The third-order valence-electron chi connectivity index (χ3n) is 3.91. The van der Waals surface area contributed by atoms with Crippen molar-refractivity contribution < 1.29 is 0 Å². The zero-order valence-electron chi connectivity index (χ0n) is 12.3. The van der Waals surface area contributed by atoms with Crippen LogP contribution in [0.25, 0.3) is 10.9 Å². The zero-order valence-corrected chi connectivity index (χ0v) is 12.3. The van der Waals surface area contributed by atoms with Crippen LogP contribution in [0.2, 0.25) is 0 Å². The number of fused-ring (bicyclic) bond motifs is 1. The van der Waals surface area contributed by atoms with E-state index in [4.69, 9.17) is 5.10 Å². The van der Waals surface area contributed by atoms with Crippen LogP contribution in [0.5, 0.6) is 0 Å². The maximum Gasteiger partial charge on any atom is 0.0841 e. The van der Waals surface area contributed by atoms with Gasteiger partial charge < -0.3 is 5.32 Å². The van der Waals surface area contributed by atoms with Crippen LogP contribution in [-0.4, -0.2) is 16.3 Å². The highest BCUT2D eigenvalue weighted by molar-refractivity contribution is 5.81. The van der Waals surface area contributed by atoms with E-state index in [9.17, 15) is 0 Å². The average Bonchev–Trinajstić information content (AvgIpc) is 2.82. The first-order valence-corrected chi connectivity index (χ1v) is 7.45. The van der Waals surface area contributed by atoms with E-state index in [1.165, 1.54) is 29.4 Å². The van der Waals surface area contributed by atoms with E-state index < -0.39 is 0 Å². The lowest BCUT2D eigenvalue weighted by Gasteiger charge is -2.12. The van der Waals surface area contributed by atoms with Crippen molar-refractivity contribution in [3.05, 3.63) is 30.0 Å². The maximum absolute atomic E-state index is 4.71. The van der Waals surface area contributed by atoms with Crippen molar-refractivity contribution in [1.82, 2.24) is 15.1 Å². The van der Waals surface area contributed by atoms with E-state index in [1.807, 2.05) is 0 Å². The molecule has 1 aromatic heterocycles. The number of hydrogen-bond donors (Lipinski definition) is 1. The lowest BCUT2D eigenvalue weighted by molar-refractivity contribution is 0.447. The molecule has 0 saturated carbocycles. The lowest BCUT2D eigenvalue weighted by atomic mass is 10.0. The van der Waals surface area contributed by atoms with Gasteiger partial charge in [-0.25, -0.2) is 0 Å². The summed E-state index contributed by atoms with van der Waals surface area (Å²) in [6, 6.07) is 8.49. The van der Waals surface area contributed by atoms with Crippen LogP contribution in [0.3, 0.4) is 0 Å². The van der Waals surface area contributed by atoms with E-state index >= 15 is 0 Å². The van der Waals surface area contributed by atoms with Gasteiger partial charge in [-0.15, -0.1) is 0 Å². The summed E-state index contributed by atoms with van der Waals surface area (Å²) < 4.78 is 2.09. The number of aryl methyl sites for hydroxylation is 1. The highest BCUT2D eigenvalue weighted by Gasteiger charge is 2.09. The molecule has 0 atom stereocenters. The molecule has 3 nitrogen and oxygen atoms in total. The Morgan fingerprint density at radius 2 is 1.89 bits per heavy atom. The first-order valence-electron chi connectivity index (χ1n) is 7.45. The molecule has 19 heavy (non-hydrogen) atoms. The Morgan fingerprint density at radius 1 is 1.16 bits per heavy atom. The second kappa shape index (κ2) is 6.71. The van der Waals surface area contributed by atoms with Crippen LogP contribution < -0.4 is 5.32 Å². The molecule has 1 aromatic carbocycles. The fraction of sp³-hybridized carbons (Fsp3) is 0.562. The Balaban J connectivity index is 2.08. The quantitative estimate of drug-likeness (QED) is 0.823. The molecule has 1 heterocycles. The van der Waals surface area contributed by atoms with Gasteiger partial charge in [0.05, 0.1) is 11.2 Å². The Morgan fingerprint density at radius 3 is 2.58 bits per heavy atom. The molecule has 0 unspecified atom stereocenters. The van der Waals surface area contributed by atoms with Crippen LogP contribution in [0, 0.1) is 5.92 Å². The highest BCUT2D eigenvalue weighted by atomic mass is 15.3. The molecule has 0 aliphatic rings. The largest absolute Gasteiger partial charge is 0.311 e. The molecule has 0 radical (unpaired) electrons. The SMILES string of the molecule is CCC(CC)CNCc1nn(CC)c2ccccc12. The van der Waals surface area contributed by atoms with Crippen LogP contribution in [0.4, 0.5) is 0 Å². The molecule has 0 spiro atoms. The van der Waals surface area contributed by atoms with Gasteiger partial charge in [-0.2, -0.15) is 5.10 Å². The summed E-state index contributed by atoms with van der Waals surface area (Å²) in [6.07, 6.45) is 2.49. The van der Waals surface area contributed by atoms with E-state index in [0.29, 0.717) is 0 Å². The summed E-state index contributed by atoms with van der Waals surface area (Å²) in [5.74, 6) is 0.777. The maximum atomic E-state index is 4.71. The first kappa shape index (κ1) is 14.1. The van der Waals surface area contributed by atoms with Crippen molar-refractivity contribution in [2.24, 2.45) is 5.92 Å². The van der Waals surface area contributed by atoms with Crippen molar-refractivity contribution in [2.45, 2.75) is 46.7 Å². The van der Waals surface area contributed by atoms with Crippen molar-refractivity contribution in [3.8, 4) is 0 Å². The third-order valence-corrected chi connectivity index (χ3v) is 3.91. The van der Waals surface area contributed by atoms with Gasteiger partial charge in [0.25, 0.3) is 0 Å². The normalized spacial score (nSPS) is 11.6. The smallest absolute Gasteiger partial charge is 0.0841 e. The topological polar surface area (TPSA) is 29.9 Å². The molecule has 2 aromatic rings. The average molecular weight is 259 g/mol. The van der Waals surface area contributed by atoms with Gasteiger partial charge in [-0.1, -0.05) is 44.9 Å². The molecule has 1 N–H and O–H groups in total. The van der Waals surface area contributed by atoms with Gasteiger partial charge in [-0.05, 0) is 25.5 Å². The van der Waals surface area contributed by atoms with Gasteiger partial charge in [0, 0.05) is 18.5 Å². The number of rotatable bonds is 7. The lowest BCUT2D eigenvalue weighted by Crippen LogP contribution is -2.22. The number of benzene rings is 1. The van der Waals surface area contributed by atoms with Crippen molar-refractivity contribution in [1.29, 1.82) is 0 Å². The van der Waals surface area contributed by atoms with Crippen LogP contribution in [-0.2, 0) is 13.1 Å². The summed E-state index contributed by atoms with van der Waals surface area (Å²) in [7, 11) is 0. The molecular formula is C16H25N3. The summed E-state index contributed by atoms with van der Waals surface area (Å²) in [5.41, 5.74) is 2.41. The van der Waals surface area contributed by atoms with E-state index in [-0.39, 0.29) is 0 Å². The Labute approximate surface area is 116 Å². The molecule has 104 valence electrons. The van der Waals surface area contributed by atoms with Crippen LogP contribution >= 0.6 is 0 Å². The van der Waals surface area contributed by atoms with Gasteiger partial charge in [-0.3, -0.25) is 4.68 Å². The number of aromatic nitrogens is 2. The Bertz CT molecular complexity index is 512.